The van der Waals surface area contributed by atoms with Crippen molar-refractivity contribution in [2.24, 2.45) is 10.9 Å². The monoisotopic (exact) mass is 486 g/mol. The Kier molecular flexibility index (Phi) is 9.32. The van der Waals surface area contributed by atoms with Gasteiger partial charge in [-0.3, -0.25) is 9.89 Å². The van der Waals surface area contributed by atoms with Crippen LogP contribution in [0.5, 0.6) is 0 Å². The van der Waals surface area contributed by atoms with Gasteiger partial charge in [-0.2, -0.15) is 0 Å². The number of hydrogen-bond acceptors (Lipinski definition) is 3. The largest absolute Gasteiger partial charge is 0.379 e. The molecule has 2 aliphatic rings. The fraction of sp³-hybridized carbons (Fsp3) is 0.667. The van der Waals surface area contributed by atoms with Crippen LogP contribution in [0.2, 0.25) is 0 Å². The zero-order chi connectivity index (χ0) is 18.4. The first kappa shape index (κ1) is 22.4. The Morgan fingerprint density at radius 1 is 1.22 bits per heavy atom. The Morgan fingerprint density at radius 2 is 1.93 bits per heavy atom. The molecule has 3 atom stereocenters. The van der Waals surface area contributed by atoms with E-state index < -0.39 is 0 Å². The summed E-state index contributed by atoms with van der Waals surface area (Å²) in [6, 6.07) is 11.8. The van der Waals surface area contributed by atoms with Crippen molar-refractivity contribution in [1.82, 2.24) is 15.5 Å². The van der Waals surface area contributed by atoms with E-state index in [0.29, 0.717) is 23.9 Å². The van der Waals surface area contributed by atoms with Crippen LogP contribution < -0.4 is 10.6 Å². The highest BCUT2D eigenvalue weighted by molar-refractivity contribution is 14.0. The van der Waals surface area contributed by atoms with Crippen molar-refractivity contribution in [3.63, 3.8) is 0 Å². The molecule has 3 rings (SSSR count). The number of nitrogens with one attached hydrogen (secondary N) is 2. The average molecular weight is 486 g/mol. The van der Waals surface area contributed by atoms with Crippen molar-refractivity contribution in [3.8, 4) is 0 Å². The first-order valence-corrected chi connectivity index (χ1v) is 10.0. The highest BCUT2D eigenvalue weighted by Gasteiger charge is 2.38. The summed E-state index contributed by atoms with van der Waals surface area (Å²) in [5.74, 6) is 2.22. The lowest BCUT2D eigenvalue weighted by Gasteiger charge is -2.35. The molecule has 1 saturated heterocycles. The summed E-state index contributed by atoms with van der Waals surface area (Å²) in [7, 11) is 1.86. The van der Waals surface area contributed by atoms with E-state index in [1.165, 1.54) is 18.4 Å². The molecule has 0 radical (unpaired) electrons. The standard InChI is InChI=1S/C21H34N4O.HI/c1-16(2)13-18(25-9-11-26-12-10-25)15-23-21(22-3)24-20-14-19(20)17-7-5-4-6-8-17;/h4-8,16,18-20H,9-15H2,1-3H3,(H2,22,23,24);1H. The van der Waals surface area contributed by atoms with Crippen LogP contribution >= 0.6 is 24.0 Å². The zero-order valence-corrected chi connectivity index (χ0v) is 19.2. The van der Waals surface area contributed by atoms with Crippen LogP contribution in [-0.4, -0.2) is 62.8 Å². The van der Waals surface area contributed by atoms with Crippen LogP contribution in [0.1, 0.15) is 38.2 Å². The average Bonchev–Trinajstić information content (AvgIpc) is 3.44. The van der Waals surface area contributed by atoms with Crippen LogP contribution in [0.15, 0.2) is 35.3 Å². The molecule has 0 bridgehead atoms. The summed E-state index contributed by atoms with van der Waals surface area (Å²) in [6.45, 7) is 9.29. The lowest BCUT2D eigenvalue weighted by Crippen LogP contribution is -2.51. The number of aliphatic imine (C=N–C) groups is 1. The number of hydrogen-bond donors (Lipinski definition) is 2. The minimum Gasteiger partial charge on any atom is -0.379 e. The summed E-state index contributed by atoms with van der Waals surface area (Å²) < 4.78 is 5.52. The summed E-state index contributed by atoms with van der Waals surface area (Å²) >= 11 is 0. The van der Waals surface area contributed by atoms with Gasteiger partial charge in [-0.05, 0) is 24.3 Å². The van der Waals surface area contributed by atoms with Gasteiger partial charge in [0.15, 0.2) is 5.96 Å². The van der Waals surface area contributed by atoms with Crippen LogP contribution in [0.4, 0.5) is 0 Å². The maximum atomic E-state index is 5.52. The minimum absolute atomic E-state index is 0. The molecule has 1 saturated carbocycles. The molecule has 2 fully saturated rings. The molecule has 1 aromatic rings. The highest BCUT2D eigenvalue weighted by atomic mass is 127. The van der Waals surface area contributed by atoms with Crippen LogP contribution in [-0.2, 0) is 4.74 Å². The summed E-state index contributed by atoms with van der Waals surface area (Å²) in [6.07, 6.45) is 2.38. The quantitative estimate of drug-likeness (QED) is 0.354. The van der Waals surface area contributed by atoms with Gasteiger partial charge in [-0.15, -0.1) is 24.0 Å². The Bertz CT molecular complexity index is 575. The molecule has 3 unspecified atom stereocenters. The molecule has 1 heterocycles. The van der Waals surface area contributed by atoms with E-state index in [0.717, 1.165) is 38.8 Å². The number of rotatable bonds is 7. The first-order chi connectivity index (χ1) is 12.7. The van der Waals surface area contributed by atoms with Crippen molar-refractivity contribution in [2.45, 2.75) is 44.7 Å². The molecule has 152 valence electrons. The van der Waals surface area contributed by atoms with Crippen LogP contribution in [0.3, 0.4) is 0 Å². The van der Waals surface area contributed by atoms with Crippen molar-refractivity contribution in [3.05, 3.63) is 35.9 Å². The lowest BCUT2D eigenvalue weighted by molar-refractivity contribution is 0.0132. The number of morpholine rings is 1. The van der Waals surface area contributed by atoms with Gasteiger partial charge in [0.05, 0.1) is 13.2 Å². The van der Waals surface area contributed by atoms with E-state index in [9.17, 15) is 0 Å². The van der Waals surface area contributed by atoms with E-state index in [1.54, 1.807) is 0 Å². The van der Waals surface area contributed by atoms with Gasteiger partial charge >= 0.3 is 0 Å². The molecule has 0 spiro atoms. The second kappa shape index (κ2) is 11.2. The predicted octanol–water partition coefficient (Wildman–Crippen LogP) is 3.07. The second-order valence-electron chi connectivity index (χ2n) is 7.89. The fourth-order valence-electron chi connectivity index (χ4n) is 3.86. The Labute approximate surface area is 181 Å². The second-order valence-corrected chi connectivity index (χ2v) is 7.89. The molecule has 27 heavy (non-hydrogen) atoms. The SMILES string of the molecule is CN=C(NCC(CC(C)C)N1CCOCC1)NC1CC1c1ccccc1.I. The highest BCUT2D eigenvalue weighted by Crippen LogP contribution is 2.40. The van der Waals surface area contributed by atoms with E-state index in [1.807, 2.05) is 7.05 Å². The molecule has 5 nitrogen and oxygen atoms in total. The predicted molar refractivity (Wildman–Crippen MR) is 123 cm³/mol. The van der Waals surface area contributed by atoms with E-state index >= 15 is 0 Å². The van der Waals surface area contributed by atoms with Crippen LogP contribution in [0.25, 0.3) is 0 Å². The van der Waals surface area contributed by atoms with Crippen molar-refractivity contribution >= 4 is 29.9 Å². The molecule has 0 amide bonds. The summed E-state index contributed by atoms with van der Waals surface area (Å²) in [5.41, 5.74) is 1.42. The maximum absolute atomic E-state index is 5.52. The molecule has 2 N–H and O–H groups in total. The smallest absolute Gasteiger partial charge is 0.191 e. The topological polar surface area (TPSA) is 48.9 Å². The molecular weight excluding hydrogens is 451 g/mol. The number of nitrogens with zero attached hydrogens (tertiary/aromatic N) is 2. The normalized spacial score (nSPS) is 24.2. The fourth-order valence-corrected chi connectivity index (χ4v) is 3.86. The third-order valence-electron chi connectivity index (χ3n) is 5.37. The van der Waals surface area contributed by atoms with Gasteiger partial charge in [0.2, 0.25) is 0 Å². The van der Waals surface area contributed by atoms with Crippen molar-refractivity contribution < 1.29 is 4.74 Å². The molecule has 1 aromatic carbocycles. The minimum atomic E-state index is 0. The van der Waals surface area contributed by atoms with Gasteiger partial charge in [0.25, 0.3) is 0 Å². The maximum Gasteiger partial charge on any atom is 0.191 e. The number of ether oxygens (including phenoxy) is 1. The molecule has 0 aromatic heterocycles. The Balaban J connectivity index is 0.00000261. The number of guanidine groups is 1. The van der Waals surface area contributed by atoms with E-state index in [4.69, 9.17) is 4.74 Å². The Hall–Kier alpha value is -0.860. The Morgan fingerprint density at radius 3 is 2.56 bits per heavy atom. The molecule has 1 aliphatic carbocycles. The van der Waals surface area contributed by atoms with Gasteiger partial charge in [-0.25, -0.2) is 0 Å². The summed E-state index contributed by atoms with van der Waals surface area (Å²) in [4.78, 5) is 7.01. The van der Waals surface area contributed by atoms with E-state index in [2.05, 4.69) is 64.7 Å². The molecular formula is C21H35IN4O. The van der Waals surface area contributed by atoms with Gasteiger partial charge < -0.3 is 15.4 Å². The van der Waals surface area contributed by atoms with Crippen molar-refractivity contribution in [2.75, 3.05) is 39.9 Å². The van der Waals surface area contributed by atoms with Gasteiger partial charge in [-0.1, -0.05) is 44.2 Å². The van der Waals surface area contributed by atoms with E-state index in [-0.39, 0.29) is 24.0 Å². The molecule has 6 heteroatoms. The number of benzene rings is 1. The zero-order valence-electron chi connectivity index (χ0n) is 16.9. The van der Waals surface area contributed by atoms with Gasteiger partial charge in [0, 0.05) is 44.7 Å². The van der Waals surface area contributed by atoms with Crippen LogP contribution in [0, 0.1) is 5.92 Å². The lowest BCUT2D eigenvalue weighted by atomic mass is 10.0. The first-order valence-electron chi connectivity index (χ1n) is 10.0. The van der Waals surface area contributed by atoms with Gasteiger partial charge in [0.1, 0.15) is 0 Å². The summed E-state index contributed by atoms with van der Waals surface area (Å²) in [5, 5.41) is 7.17. The third-order valence-corrected chi connectivity index (χ3v) is 5.37. The van der Waals surface area contributed by atoms with Crippen molar-refractivity contribution in [1.29, 1.82) is 0 Å². The third kappa shape index (κ3) is 6.91. The molecule has 1 aliphatic heterocycles. The number of halogens is 1.